The van der Waals surface area contributed by atoms with Gasteiger partial charge in [-0.2, -0.15) is 5.10 Å². The van der Waals surface area contributed by atoms with Gasteiger partial charge in [-0.05, 0) is 25.2 Å². The maximum Gasteiger partial charge on any atom is 0.123 e. The van der Waals surface area contributed by atoms with Crippen molar-refractivity contribution in [1.29, 1.82) is 0 Å². The molecular weight excluding hydrogens is 174 g/mol. The fraction of sp³-hybridized carbons (Fsp3) is 0.545. The van der Waals surface area contributed by atoms with E-state index in [1.54, 1.807) is 0 Å². The Labute approximate surface area is 84.8 Å². The van der Waals surface area contributed by atoms with Crippen molar-refractivity contribution < 1.29 is 0 Å². The number of rotatable bonds is 3. The molecule has 1 unspecified atom stereocenters. The molecule has 0 bridgehead atoms. The summed E-state index contributed by atoms with van der Waals surface area (Å²) in [7, 11) is 1.96. The first-order valence-corrected chi connectivity index (χ1v) is 5.23. The Balaban J connectivity index is 1.82. The number of hydrogen-bond acceptors (Lipinski definition) is 2. The average Bonchev–Trinajstić information content (AvgIpc) is 2.63. The highest BCUT2D eigenvalue weighted by Crippen LogP contribution is 2.18. The van der Waals surface area contributed by atoms with Crippen molar-refractivity contribution in [2.75, 3.05) is 11.9 Å². The van der Waals surface area contributed by atoms with Crippen LogP contribution < -0.4 is 5.32 Å². The maximum absolute atomic E-state index is 4.12. The minimum absolute atomic E-state index is 0.787. The maximum atomic E-state index is 4.12. The highest BCUT2D eigenvalue weighted by atomic mass is 15.3. The predicted molar refractivity (Wildman–Crippen MR) is 58.2 cm³/mol. The molecule has 1 aromatic heterocycles. The molecule has 3 heteroatoms. The molecule has 3 nitrogen and oxygen atoms in total. The van der Waals surface area contributed by atoms with E-state index in [2.05, 4.69) is 22.6 Å². The molecular formula is C11H17N3. The smallest absolute Gasteiger partial charge is 0.123 e. The van der Waals surface area contributed by atoms with Crippen LogP contribution in [-0.2, 0) is 7.05 Å². The van der Waals surface area contributed by atoms with Gasteiger partial charge in [0.2, 0.25) is 0 Å². The van der Waals surface area contributed by atoms with E-state index in [4.69, 9.17) is 0 Å². The van der Waals surface area contributed by atoms with Crippen LogP contribution in [0.3, 0.4) is 0 Å². The lowest BCUT2D eigenvalue weighted by Gasteiger charge is -2.18. The van der Waals surface area contributed by atoms with E-state index in [0.29, 0.717) is 0 Å². The Hall–Kier alpha value is -1.25. The van der Waals surface area contributed by atoms with Crippen LogP contribution in [0.4, 0.5) is 5.82 Å². The summed E-state index contributed by atoms with van der Waals surface area (Å²) in [6.45, 7) is 1.06. The standard InChI is InChI=1S/C11H17N3/c1-14-11(7-8-13-14)12-9-10-5-3-2-4-6-10/h2-3,7-8,10,12H,4-6,9H2,1H3. The monoisotopic (exact) mass is 191 g/mol. The zero-order chi connectivity index (χ0) is 9.80. The number of nitrogens with one attached hydrogen (secondary N) is 1. The van der Waals surface area contributed by atoms with Crippen LogP contribution in [-0.4, -0.2) is 16.3 Å². The molecule has 14 heavy (non-hydrogen) atoms. The van der Waals surface area contributed by atoms with Crippen molar-refractivity contribution in [2.24, 2.45) is 13.0 Å². The van der Waals surface area contributed by atoms with Crippen molar-refractivity contribution >= 4 is 5.82 Å². The second-order valence-electron chi connectivity index (χ2n) is 3.87. The van der Waals surface area contributed by atoms with Gasteiger partial charge in [0, 0.05) is 19.7 Å². The first-order valence-electron chi connectivity index (χ1n) is 5.23. The molecule has 1 aliphatic rings. The van der Waals surface area contributed by atoms with Gasteiger partial charge in [-0.1, -0.05) is 12.2 Å². The van der Waals surface area contributed by atoms with E-state index >= 15 is 0 Å². The Morgan fingerprint density at radius 1 is 1.57 bits per heavy atom. The van der Waals surface area contributed by atoms with Crippen molar-refractivity contribution in [1.82, 2.24) is 9.78 Å². The minimum Gasteiger partial charge on any atom is -0.370 e. The molecule has 1 N–H and O–H groups in total. The van der Waals surface area contributed by atoms with Gasteiger partial charge in [-0.15, -0.1) is 0 Å². The molecule has 2 rings (SSSR count). The molecule has 0 amide bonds. The van der Waals surface area contributed by atoms with E-state index in [0.717, 1.165) is 18.3 Å². The highest BCUT2D eigenvalue weighted by molar-refractivity contribution is 5.33. The van der Waals surface area contributed by atoms with E-state index in [9.17, 15) is 0 Å². The van der Waals surface area contributed by atoms with Gasteiger partial charge < -0.3 is 5.32 Å². The third-order valence-electron chi connectivity index (χ3n) is 2.77. The van der Waals surface area contributed by atoms with Gasteiger partial charge in [-0.3, -0.25) is 4.68 Å². The highest BCUT2D eigenvalue weighted by Gasteiger charge is 2.09. The number of nitrogens with zero attached hydrogens (tertiary/aromatic N) is 2. The van der Waals surface area contributed by atoms with Gasteiger partial charge in [0.25, 0.3) is 0 Å². The van der Waals surface area contributed by atoms with Crippen LogP contribution in [0.1, 0.15) is 19.3 Å². The van der Waals surface area contributed by atoms with Crippen molar-refractivity contribution in [2.45, 2.75) is 19.3 Å². The molecule has 1 aliphatic carbocycles. The first-order chi connectivity index (χ1) is 6.86. The summed E-state index contributed by atoms with van der Waals surface area (Å²) in [4.78, 5) is 0. The molecule has 0 radical (unpaired) electrons. The SMILES string of the molecule is Cn1nccc1NCC1CC=CCC1. The summed E-state index contributed by atoms with van der Waals surface area (Å²) in [6.07, 6.45) is 10.1. The fourth-order valence-corrected chi connectivity index (χ4v) is 1.84. The van der Waals surface area contributed by atoms with Gasteiger partial charge in [0.05, 0.1) is 6.20 Å². The lowest BCUT2D eigenvalue weighted by molar-refractivity contribution is 0.502. The third-order valence-corrected chi connectivity index (χ3v) is 2.77. The summed E-state index contributed by atoms with van der Waals surface area (Å²) in [5, 5.41) is 7.55. The van der Waals surface area contributed by atoms with Crippen LogP contribution in [0, 0.1) is 5.92 Å². The second-order valence-corrected chi connectivity index (χ2v) is 3.87. The summed E-state index contributed by atoms with van der Waals surface area (Å²) >= 11 is 0. The second kappa shape index (κ2) is 4.31. The normalized spacial score (nSPS) is 21.1. The predicted octanol–water partition coefficient (Wildman–Crippen LogP) is 2.19. The Morgan fingerprint density at radius 3 is 3.14 bits per heavy atom. The zero-order valence-corrected chi connectivity index (χ0v) is 8.61. The topological polar surface area (TPSA) is 29.9 Å². The fourth-order valence-electron chi connectivity index (χ4n) is 1.84. The lowest BCUT2D eigenvalue weighted by Crippen LogP contribution is -2.16. The zero-order valence-electron chi connectivity index (χ0n) is 8.61. The Bertz CT molecular complexity index is 314. The van der Waals surface area contributed by atoms with Gasteiger partial charge in [-0.25, -0.2) is 0 Å². The van der Waals surface area contributed by atoms with Crippen LogP contribution in [0.25, 0.3) is 0 Å². The van der Waals surface area contributed by atoms with Crippen molar-refractivity contribution in [3.63, 3.8) is 0 Å². The lowest BCUT2D eigenvalue weighted by atomic mass is 9.94. The van der Waals surface area contributed by atoms with Crippen molar-refractivity contribution in [3.05, 3.63) is 24.4 Å². The number of aryl methyl sites for hydroxylation is 1. The molecule has 1 heterocycles. The molecule has 76 valence electrons. The minimum atomic E-state index is 0.787. The molecule has 0 spiro atoms. The molecule has 0 saturated carbocycles. The molecule has 1 aromatic rings. The van der Waals surface area contributed by atoms with E-state index in [1.807, 2.05) is 24.0 Å². The van der Waals surface area contributed by atoms with Gasteiger partial charge in [0.15, 0.2) is 0 Å². The largest absolute Gasteiger partial charge is 0.370 e. The number of aromatic nitrogens is 2. The van der Waals surface area contributed by atoms with Crippen LogP contribution >= 0.6 is 0 Å². The van der Waals surface area contributed by atoms with Gasteiger partial charge in [0.1, 0.15) is 5.82 Å². The number of anilines is 1. The Morgan fingerprint density at radius 2 is 2.50 bits per heavy atom. The summed E-state index contributed by atoms with van der Waals surface area (Å²) in [6, 6.07) is 2.01. The Kier molecular flexibility index (Phi) is 2.87. The van der Waals surface area contributed by atoms with Crippen LogP contribution in [0.5, 0.6) is 0 Å². The van der Waals surface area contributed by atoms with E-state index in [-0.39, 0.29) is 0 Å². The molecule has 0 fully saturated rings. The van der Waals surface area contributed by atoms with Crippen molar-refractivity contribution in [3.8, 4) is 0 Å². The van der Waals surface area contributed by atoms with Crippen LogP contribution in [0.2, 0.25) is 0 Å². The van der Waals surface area contributed by atoms with E-state index < -0.39 is 0 Å². The number of allylic oxidation sites excluding steroid dienone is 2. The summed E-state index contributed by atoms with van der Waals surface area (Å²) in [5.74, 6) is 1.90. The molecule has 0 saturated heterocycles. The van der Waals surface area contributed by atoms with Gasteiger partial charge >= 0.3 is 0 Å². The van der Waals surface area contributed by atoms with Crippen LogP contribution in [0.15, 0.2) is 24.4 Å². The summed E-state index contributed by atoms with van der Waals surface area (Å²) < 4.78 is 1.87. The first kappa shape index (κ1) is 9.31. The average molecular weight is 191 g/mol. The summed E-state index contributed by atoms with van der Waals surface area (Å²) in [5.41, 5.74) is 0. The number of hydrogen-bond donors (Lipinski definition) is 1. The molecule has 0 aromatic carbocycles. The third kappa shape index (κ3) is 2.16. The quantitative estimate of drug-likeness (QED) is 0.742. The van der Waals surface area contributed by atoms with E-state index in [1.165, 1.54) is 19.3 Å². The molecule has 1 atom stereocenters. The molecule has 0 aliphatic heterocycles.